The molecule has 5 nitrogen and oxygen atoms in total. The molecule has 1 aromatic carbocycles. The molecule has 0 aliphatic rings. The summed E-state index contributed by atoms with van der Waals surface area (Å²) in [6, 6.07) is 7.51. The number of hydrogen-bond donors (Lipinski definition) is 1. The van der Waals surface area contributed by atoms with Crippen molar-refractivity contribution in [3.63, 3.8) is 0 Å². The van der Waals surface area contributed by atoms with Gasteiger partial charge in [-0.25, -0.2) is 13.1 Å². The highest BCUT2D eigenvalue weighted by Gasteiger charge is 2.28. The number of nitriles is 1. The molecule has 96 valence electrons. The van der Waals surface area contributed by atoms with Gasteiger partial charge in [0.2, 0.25) is 5.91 Å². The van der Waals surface area contributed by atoms with Crippen LogP contribution in [0.2, 0.25) is 0 Å². The van der Waals surface area contributed by atoms with Crippen LogP contribution < -0.4 is 4.72 Å². The third-order valence-electron chi connectivity index (χ3n) is 2.21. The zero-order chi connectivity index (χ0) is 14.0. The third kappa shape index (κ3) is 3.08. The number of sulfonamides is 1. The Hall–Kier alpha value is -1.87. The van der Waals surface area contributed by atoms with E-state index in [2.05, 4.69) is 0 Å². The highest BCUT2D eigenvalue weighted by atomic mass is 32.2. The van der Waals surface area contributed by atoms with Crippen molar-refractivity contribution in [1.82, 2.24) is 4.72 Å². The summed E-state index contributed by atoms with van der Waals surface area (Å²) in [4.78, 5) is 11.5. The molecule has 18 heavy (non-hydrogen) atoms. The molecule has 0 saturated heterocycles. The first-order chi connectivity index (χ1) is 8.18. The Morgan fingerprint density at radius 2 is 1.83 bits per heavy atom. The Morgan fingerprint density at radius 3 is 2.33 bits per heavy atom. The summed E-state index contributed by atoms with van der Waals surface area (Å²) in [5, 5.41) is 8.85. The summed E-state index contributed by atoms with van der Waals surface area (Å²) < 4.78 is 25.9. The van der Waals surface area contributed by atoms with Crippen molar-refractivity contribution in [2.24, 2.45) is 5.41 Å². The summed E-state index contributed by atoms with van der Waals surface area (Å²) in [5.41, 5.74) is -0.819. The van der Waals surface area contributed by atoms with E-state index < -0.39 is 21.3 Å². The minimum Gasteiger partial charge on any atom is -0.273 e. The third-order valence-corrected chi connectivity index (χ3v) is 3.59. The lowest BCUT2D eigenvalue weighted by molar-refractivity contribution is -0.126. The second-order valence-electron chi connectivity index (χ2n) is 4.79. The Kier molecular flexibility index (Phi) is 3.77. The lowest BCUT2D eigenvalue weighted by Gasteiger charge is -2.17. The number of nitrogens with zero attached hydrogens (tertiary/aromatic N) is 1. The van der Waals surface area contributed by atoms with Crippen LogP contribution in [-0.4, -0.2) is 14.3 Å². The van der Waals surface area contributed by atoms with Crippen LogP contribution in [0.15, 0.2) is 29.2 Å². The predicted molar refractivity (Wildman–Crippen MR) is 65.9 cm³/mol. The Bertz CT molecular complexity index is 607. The van der Waals surface area contributed by atoms with E-state index in [4.69, 9.17) is 5.26 Å². The van der Waals surface area contributed by atoms with Crippen LogP contribution in [0.25, 0.3) is 0 Å². The molecule has 6 heteroatoms. The lowest BCUT2D eigenvalue weighted by Crippen LogP contribution is -2.39. The monoisotopic (exact) mass is 266 g/mol. The van der Waals surface area contributed by atoms with Crippen molar-refractivity contribution in [2.75, 3.05) is 0 Å². The first-order valence-electron chi connectivity index (χ1n) is 5.25. The largest absolute Gasteiger partial charge is 0.273 e. The molecule has 1 N–H and O–H groups in total. The maximum absolute atomic E-state index is 12.0. The summed E-state index contributed by atoms with van der Waals surface area (Å²) >= 11 is 0. The van der Waals surface area contributed by atoms with E-state index in [1.54, 1.807) is 32.9 Å². The van der Waals surface area contributed by atoms with E-state index in [9.17, 15) is 13.2 Å². The van der Waals surface area contributed by atoms with Crippen molar-refractivity contribution in [3.8, 4) is 6.07 Å². The van der Waals surface area contributed by atoms with Crippen molar-refractivity contribution < 1.29 is 13.2 Å². The van der Waals surface area contributed by atoms with Crippen molar-refractivity contribution >= 4 is 15.9 Å². The molecule has 0 aromatic heterocycles. The number of rotatable bonds is 2. The van der Waals surface area contributed by atoms with Crippen LogP contribution in [0.3, 0.4) is 0 Å². The van der Waals surface area contributed by atoms with Gasteiger partial charge < -0.3 is 0 Å². The number of carbonyl (C=O) groups excluding carboxylic acids is 1. The van der Waals surface area contributed by atoms with E-state index in [-0.39, 0.29) is 10.5 Å². The number of amides is 1. The van der Waals surface area contributed by atoms with Crippen LogP contribution in [0.5, 0.6) is 0 Å². The van der Waals surface area contributed by atoms with Gasteiger partial charge in [0.25, 0.3) is 10.0 Å². The normalized spacial score (nSPS) is 11.7. The zero-order valence-corrected chi connectivity index (χ0v) is 11.2. The molecular weight excluding hydrogens is 252 g/mol. The second kappa shape index (κ2) is 4.78. The topological polar surface area (TPSA) is 87.0 Å². The summed E-state index contributed by atoms with van der Waals surface area (Å²) in [6.45, 7) is 4.82. The van der Waals surface area contributed by atoms with Crippen molar-refractivity contribution in [3.05, 3.63) is 29.8 Å². The molecule has 0 unspecified atom stereocenters. The molecule has 0 aliphatic carbocycles. The van der Waals surface area contributed by atoms with Crippen molar-refractivity contribution in [2.45, 2.75) is 25.7 Å². The number of carbonyl (C=O) groups is 1. The van der Waals surface area contributed by atoms with E-state index >= 15 is 0 Å². The van der Waals surface area contributed by atoms with Gasteiger partial charge in [-0.15, -0.1) is 0 Å². The Balaban J connectivity index is 3.17. The standard InChI is InChI=1S/C12H14N2O3S/c1-12(2,3)11(15)14-18(16,17)10-7-5-4-6-9(10)8-13/h4-7H,1-3H3,(H,14,15). The molecule has 0 fully saturated rings. The molecule has 0 atom stereocenters. The maximum Gasteiger partial charge on any atom is 0.265 e. The average molecular weight is 266 g/mol. The van der Waals surface area contributed by atoms with Gasteiger partial charge in [-0.1, -0.05) is 32.9 Å². The molecule has 1 aromatic rings. The predicted octanol–water partition coefficient (Wildman–Crippen LogP) is 1.41. The van der Waals surface area contributed by atoms with Crippen LogP contribution in [0.1, 0.15) is 26.3 Å². The minimum absolute atomic E-state index is 0.00621. The highest BCUT2D eigenvalue weighted by Crippen LogP contribution is 2.18. The molecular formula is C12H14N2O3S. The molecule has 0 saturated carbocycles. The van der Waals surface area contributed by atoms with Crippen LogP contribution in [0.4, 0.5) is 0 Å². The first-order valence-corrected chi connectivity index (χ1v) is 6.73. The smallest absolute Gasteiger partial charge is 0.265 e. The zero-order valence-electron chi connectivity index (χ0n) is 10.4. The highest BCUT2D eigenvalue weighted by molar-refractivity contribution is 7.90. The second-order valence-corrected chi connectivity index (χ2v) is 6.44. The molecule has 0 aliphatic heterocycles. The van der Waals surface area contributed by atoms with E-state index in [0.717, 1.165) is 0 Å². The van der Waals surface area contributed by atoms with Gasteiger partial charge in [-0.3, -0.25) is 4.79 Å². The fourth-order valence-corrected chi connectivity index (χ4v) is 2.44. The molecule has 0 bridgehead atoms. The van der Waals surface area contributed by atoms with E-state index in [1.165, 1.54) is 18.2 Å². The summed E-state index contributed by atoms with van der Waals surface area (Å²) in [5.74, 6) is -0.616. The number of nitrogens with one attached hydrogen (secondary N) is 1. The van der Waals surface area contributed by atoms with Gasteiger partial charge in [-0.2, -0.15) is 5.26 Å². The molecule has 0 spiro atoms. The van der Waals surface area contributed by atoms with Crippen LogP contribution in [-0.2, 0) is 14.8 Å². The van der Waals surface area contributed by atoms with E-state index in [1.807, 2.05) is 4.72 Å². The molecule has 1 rings (SSSR count). The number of benzene rings is 1. The lowest BCUT2D eigenvalue weighted by atomic mass is 9.96. The fraction of sp³-hybridized carbons (Fsp3) is 0.333. The first kappa shape index (κ1) is 14.2. The Morgan fingerprint density at radius 1 is 1.28 bits per heavy atom. The van der Waals surface area contributed by atoms with Gasteiger partial charge in [0, 0.05) is 5.41 Å². The van der Waals surface area contributed by atoms with Gasteiger partial charge >= 0.3 is 0 Å². The van der Waals surface area contributed by atoms with Gasteiger partial charge in [-0.05, 0) is 12.1 Å². The SMILES string of the molecule is CC(C)(C)C(=O)NS(=O)(=O)c1ccccc1C#N. The fourth-order valence-electron chi connectivity index (χ4n) is 1.12. The average Bonchev–Trinajstić information content (AvgIpc) is 2.27. The maximum atomic E-state index is 12.0. The quantitative estimate of drug-likeness (QED) is 0.876. The van der Waals surface area contributed by atoms with Gasteiger partial charge in [0.05, 0.1) is 5.56 Å². The molecule has 0 heterocycles. The number of hydrogen-bond acceptors (Lipinski definition) is 4. The molecule has 0 radical (unpaired) electrons. The minimum atomic E-state index is -4.01. The van der Waals surface area contributed by atoms with Gasteiger partial charge in [0.15, 0.2) is 0 Å². The Labute approximate surface area is 106 Å². The summed E-state index contributed by atoms with van der Waals surface area (Å²) in [6.07, 6.45) is 0. The summed E-state index contributed by atoms with van der Waals surface area (Å²) in [7, 11) is -4.01. The van der Waals surface area contributed by atoms with Gasteiger partial charge in [0.1, 0.15) is 11.0 Å². The molecule has 1 amide bonds. The van der Waals surface area contributed by atoms with Crippen LogP contribution >= 0.6 is 0 Å². The van der Waals surface area contributed by atoms with E-state index in [0.29, 0.717) is 0 Å². The van der Waals surface area contributed by atoms with Crippen LogP contribution in [0, 0.1) is 16.7 Å². The van der Waals surface area contributed by atoms with Crippen molar-refractivity contribution in [1.29, 1.82) is 5.26 Å².